The molecule has 0 aromatic heterocycles. The minimum atomic E-state index is -3.46. The maximum absolute atomic E-state index is 12.1. The second-order valence-electron chi connectivity index (χ2n) is 4.77. The van der Waals surface area contributed by atoms with Gasteiger partial charge >= 0.3 is 0 Å². The van der Waals surface area contributed by atoms with Crippen LogP contribution in [0.4, 0.5) is 0 Å². The monoisotopic (exact) mass is 343 g/mol. The first-order valence-electron chi connectivity index (χ1n) is 6.84. The van der Waals surface area contributed by atoms with Crippen LogP contribution < -0.4 is 11.5 Å². The third-order valence-corrected chi connectivity index (χ3v) is 5.40. The van der Waals surface area contributed by atoms with E-state index in [4.69, 9.17) is 11.5 Å². The van der Waals surface area contributed by atoms with Crippen molar-refractivity contribution in [2.45, 2.75) is 36.5 Å². The van der Waals surface area contributed by atoms with Crippen molar-refractivity contribution in [1.29, 1.82) is 0 Å². The van der Waals surface area contributed by atoms with Crippen LogP contribution in [-0.2, 0) is 16.3 Å². The van der Waals surface area contributed by atoms with Crippen molar-refractivity contribution in [2.75, 3.05) is 12.0 Å². The molecule has 1 rings (SSSR count). The molecule has 0 radical (unpaired) electrons. The fourth-order valence-corrected chi connectivity index (χ4v) is 4.12. The Balaban J connectivity index is 3.53. The summed E-state index contributed by atoms with van der Waals surface area (Å²) >= 11 is 1.46. The van der Waals surface area contributed by atoms with Gasteiger partial charge in [-0.2, -0.15) is 4.99 Å². The molecule has 4 N–H and O–H groups in total. The zero-order valence-electron chi connectivity index (χ0n) is 12.9. The third kappa shape index (κ3) is 4.74. The van der Waals surface area contributed by atoms with Gasteiger partial charge in [-0.3, -0.25) is 4.79 Å². The summed E-state index contributed by atoms with van der Waals surface area (Å²) in [7, 11) is -3.46. The normalized spacial score (nSPS) is 11.2. The highest BCUT2D eigenvalue weighted by Crippen LogP contribution is 2.31. The molecule has 1 amide bonds. The van der Waals surface area contributed by atoms with Crippen LogP contribution >= 0.6 is 11.8 Å². The summed E-state index contributed by atoms with van der Waals surface area (Å²) in [6.45, 7) is 3.90. The Morgan fingerprint density at radius 2 is 1.91 bits per heavy atom. The standard InChI is InChI=1S/C14H21N3O3S2/c1-4-6-21-11-7-9(5-2)10(13(18)17-14(15)16)8-12(11)22(3,19)20/h7-8H,4-6H2,1-3H3,(H4,15,16,17,18). The summed E-state index contributed by atoms with van der Waals surface area (Å²) in [4.78, 5) is 16.4. The van der Waals surface area contributed by atoms with Gasteiger partial charge in [-0.25, -0.2) is 8.42 Å². The summed E-state index contributed by atoms with van der Waals surface area (Å²) in [5.41, 5.74) is 11.4. The molecule has 8 heteroatoms. The Bertz CT molecular complexity index is 694. The predicted octanol–water partition coefficient (Wildman–Crippen LogP) is 1.57. The lowest BCUT2D eigenvalue weighted by molar-refractivity contribution is 0.100. The average molecular weight is 343 g/mol. The number of hydrogen-bond acceptors (Lipinski definition) is 4. The molecule has 0 atom stereocenters. The molecule has 0 aliphatic heterocycles. The quantitative estimate of drug-likeness (QED) is 0.460. The first-order valence-corrected chi connectivity index (χ1v) is 9.72. The van der Waals surface area contributed by atoms with Crippen LogP contribution in [0.2, 0.25) is 0 Å². The van der Waals surface area contributed by atoms with Gasteiger partial charge in [0.05, 0.1) is 4.90 Å². The summed E-state index contributed by atoms with van der Waals surface area (Å²) in [6.07, 6.45) is 2.62. The van der Waals surface area contributed by atoms with Gasteiger partial charge < -0.3 is 11.5 Å². The number of nitrogens with two attached hydrogens (primary N) is 2. The third-order valence-electron chi connectivity index (χ3n) is 2.87. The molecule has 0 spiro atoms. The van der Waals surface area contributed by atoms with E-state index in [0.29, 0.717) is 11.3 Å². The maximum atomic E-state index is 12.1. The van der Waals surface area contributed by atoms with E-state index in [1.165, 1.54) is 17.8 Å². The maximum Gasteiger partial charge on any atom is 0.280 e. The molecule has 1 aromatic rings. The Hall–Kier alpha value is -1.54. The van der Waals surface area contributed by atoms with Crippen molar-refractivity contribution >= 4 is 33.5 Å². The first kappa shape index (κ1) is 18.5. The van der Waals surface area contributed by atoms with E-state index < -0.39 is 15.7 Å². The summed E-state index contributed by atoms with van der Waals surface area (Å²) in [5, 5.41) is 0. The largest absolute Gasteiger partial charge is 0.370 e. The predicted molar refractivity (Wildman–Crippen MR) is 90.1 cm³/mol. The Kier molecular flexibility index (Phi) is 6.43. The molecule has 1 aromatic carbocycles. The van der Waals surface area contributed by atoms with Crippen LogP contribution in [-0.4, -0.2) is 32.3 Å². The van der Waals surface area contributed by atoms with Crippen molar-refractivity contribution in [3.05, 3.63) is 23.3 Å². The van der Waals surface area contributed by atoms with Crippen molar-refractivity contribution in [2.24, 2.45) is 16.5 Å². The molecular weight excluding hydrogens is 322 g/mol. The lowest BCUT2D eigenvalue weighted by atomic mass is 10.0. The summed E-state index contributed by atoms with van der Waals surface area (Å²) in [6, 6.07) is 3.12. The topological polar surface area (TPSA) is 116 Å². The van der Waals surface area contributed by atoms with Crippen LogP contribution in [0.1, 0.15) is 36.2 Å². The second-order valence-corrected chi connectivity index (χ2v) is 7.89. The Morgan fingerprint density at radius 3 is 2.36 bits per heavy atom. The van der Waals surface area contributed by atoms with Gasteiger partial charge in [-0.1, -0.05) is 13.8 Å². The number of sulfone groups is 1. The highest BCUT2D eigenvalue weighted by molar-refractivity contribution is 8.00. The molecule has 0 saturated heterocycles. The fourth-order valence-electron chi connectivity index (χ4n) is 1.89. The number of guanidine groups is 1. The number of carbonyl (C=O) groups excluding carboxylic acids is 1. The number of carbonyl (C=O) groups is 1. The molecule has 122 valence electrons. The number of rotatable bonds is 6. The summed E-state index contributed by atoms with van der Waals surface area (Å²) < 4.78 is 24.0. The molecule has 0 heterocycles. The van der Waals surface area contributed by atoms with Crippen LogP contribution in [0.3, 0.4) is 0 Å². The highest BCUT2D eigenvalue weighted by Gasteiger charge is 2.20. The molecule has 0 fully saturated rings. The Morgan fingerprint density at radius 1 is 1.27 bits per heavy atom. The van der Waals surface area contributed by atoms with Gasteiger partial charge in [0, 0.05) is 16.7 Å². The zero-order chi connectivity index (χ0) is 16.9. The second kappa shape index (κ2) is 7.64. The number of aliphatic imine (C=N–C) groups is 1. The van der Waals surface area contributed by atoms with Crippen LogP contribution in [0.15, 0.2) is 26.9 Å². The lowest BCUT2D eigenvalue weighted by Crippen LogP contribution is -2.24. The van der Waals surface area contributed by atoms with E-state index in [1.807, 2.05) is 13.8 Å². The molecule has 22 heavy (non-hydrogen) atoms. The van der Waals surface area contributed by atoms with E-state index in [2.05, 4.69) is 4.99 Å². The van der Waals surface area contributed by atoms with Crippen molar-refractivity contribution in [1.82, 2.24) is 0 Å². The Labute approximate surface area is 135 Å². The molecule has 6 nitrogen and oxygen atoms in total. The van der Waals surface area contributed by atoms with Crippen molar-refractivity contribution < 1.29 is 13.2 Å². The van der Waals surface area contributed by atoms with Gasteiger partial charge in [0.15, 0.2) is 15.8 Å². The van der Waals surface area contributed by atoms with Gasteiger partial charge in [-0.15, -0.1) is 11.8 Å². The number of amides is 1. The number of benzene rings is 1. The first-order chi connectivity index (χ1) is 10.2. The van der Waals surface area contributed by atoms with Crippen molar-refractivity contribution in [3.63, 3.8) is 0 Å². The molecule has 0 saturated carbocycles. The van der Waals surface area contributed by atoms with E-state index in [0.717, 1.165) is 24.0 Å². The molecule has 0 aliphatic carbocycles. The highest BCUT2D eigenvalue weighted by atomic mass is 32.2. The summed E-state index contributed by atoms with van der Waals surface area (Å²) in [5.74, 6) is -0.182. The molecule has 0 unspecified atom stereocenters. The van der Waals surface area contributed by atoms with Crippen molar-refractivity contribution in [3.8, 4) is 0 Å². The average Bonchev–Trinajstić information content (AvgIpc) is 2.42. The van der Waals surface area contributed by atoms with Crippen LogP contribution in [0, 0.1) is 0 Å². The number of aryl methyl sites for hydroxylation is 1. The van der Waals surface area contributed by atoms with Gasteiger partial charge in [0.25, 0.3) is 5.91 Å². The van der Waals surface area contributed by atoms with Crippen LogP contribution in [0.25, 0.3) is 0 Å². The molecule has 0 bridgehead atoms. The molecule has 0 aliphatic rings. The van der Waals surface area contributed by atoms with Crippen LogP contribution in [0.5, 0.6) is 0 Å². The number of hydrogen-bond donors (Lipinski definition) is 2. The zero-order valence-corrected chi connectivity index (χ0v) is 14.6. The SMILES string of the molecule is CCCSc1cc(CC)c(C(=O)N=C(N)N)cc1S(C)(=O)=O. The van der Waals surface area contributed by atoms with E-state index in [1.54, 1.807) is 6.07 Å². The fraction of sp³-hybridized carbons (Fsp3) is 0.429. The van der Waals surface area contributed by atoms with E-state index in [9.17, 15) is 13.2 Å². The lowest BCUT2D eigenvalue weighted by Gasteiger charge is -2.13. The van der Waals surface area contributed by atoms with Gasteiger partial charge in [0.2, 0.25) is 0 Å². The van der Waals surface area contributed by atoms with Gasteiger partial charge in [-0.05, 0) is 36.3 Å². The van der Waals surface area contributed by atoms with E-state index >= 15 is 0 Å². The number of nitrogens with zero attached hydrogens (tertiary/aromatic N) is 1. The van der Waals surface area contributed by atoms with E-state index in [-0.39, 0.29) is 16.4 Å². The minimum absolute atomic E-state index is 0.136. The molecular formula is C14H21N3O3S2. The van der Waals surface area contributed by atoms with Gasteiger partial charge in [0.1, 0.15) is 0 Å². The minimum Gasteiger partial charge on any atom is -0.370 e. The smallest absolute Gasteiger partial charge is 0.280 e. The number of thioether (sulfide) groups is 1.